The van der Waals surface area contributed by atoms with Crippen LogP contribution in [0.5, 0.6) is 5.75 Å². The van der Waals surface area contributed by atoms with Gasteiger partial charge in [-0.25, -0.2) is 0 Å². The van der Waals surface area contributed by atoms with E-state index in [-0.39, 0.29) is 0 Å². The summed E-state index contributed by atoms with van der Waals surface area (Å²) in [5.74, 6) is 0.827. The molecule has 0 N–H and O–H groups in total. The fraction of sp³-hybridized carbons (Fsp3) is 0.0455. The first-order chi connectivity index (χ1) is 12.3. The van der Waals surface area contributed by atoms with Crippen LogP contribution in [-0.4, -0.2) is 0 Å². The second-order valence-electron chi connectivity index (χ2n) is 5.92. The van der Waals surface area contributed by atoms with E-state index in [0.717, 1.165) is 37.9 Å². The molecule has 122 valence electrons. The fourth-order valence-corrected chi connectivity index (χ4v) is 2.96. The first-order valence-electron chi connectivity index (χ1n) is 8.18. The van der Waals surface area contributed by atoms with Crippen molar-refractivity contribution in [3.8, 4) is 16.9 Å². The number of fused-ring (bicyclic) bond motifs is 1. The van der Waals surface area contributed by atoms with Gasteiger partial charge in [0.15, 0.2) is 12.4 Å². The summed E-state index contributed by atoms with van der Waals surface area (Å²) in [6.45, 7) is 0.538. The summed E-state index contributed by atoms with van der Waals surface area (Å²) in [5, 5.41) is 13.5. The van der Waals surface area contributed by atoms with Crippen LogP contribution < -0.4 is 9.47 Å². The van der Waals surface area contributed by atoms with E-state index in [1.54, 1.807) is 6.20 Å². The van der Waals surface area contributed by atoms with Crippen molar-refractivity contribution < 1.29 is 9.47 Å². The highest BCUT2D eigenvalue weighted by Gasteiger charge is 2.07. The van der Waals surface area contributed by atoms with Gasteiger partial charge in [-0.3, -0.25) is 0 Å². The number of benzene rings is 3. The van der Waals surface area contributed by atoms with Gasteiger partial charge in [0.1, 0.15) is 12.4 Å². The molecule has 0 saturated heterocycles. The third kappa shape index (κ3) is 3.31. The molecule has 3 heteroatoms. The van der Waals surface area contributed by atoms with Crippen molar-refractivity contribution >= 4 is 10.8 Å². The molecule has 0 bridgehead atoms. The van der Waals surface area contributed by atoms with Gasteiger partial charge >= 0.3 is 0 Å². The zero-order valence-electron chi connectivity index (χ0n) is 13.6. The molecule has 3 aromatic carbocycles. The molecule has 3 nitrogen and oxygen atoms in total. The van der Waals surface area contributed by atoms with E-state index in [1.807, 2.05) is 66.7 Å². The predicted molar refractivity (Wildman–Crippen MR) is 99.1 cm³/mol. The molecule has 0 atom stereocenters. The Morgan fingerprint density at radius 3 is 2.56 bits per heavy atom. The zero-order valence-corrected chi connectivity index (χ0v) is 13.6. The molecule has 0 aliphatic heterocycles. The molecular weight excluding hydrogens is 310 g/mol. The van der Waals surface area contributed by atoms with Gasteiger partial charge in [-0.05, 0) is 34.9 Å². The van der Waals surface area contributed by atoms with Crippen molar-refractivity contribution in [2.75, 3.05) is 0 Å². The molecule has 25 heavy (non-hydrogen) atoms. The summed E-state index contributed by atoms with van der Waals surface area (Å²) >= 11 is 0. The molecule has 0 fully saturated rings. The normalized spacial score (nSPS) is 10.7. The Labute approximate surface area is 146 Å². The first-order valence-corrected chi connectivity index (χ1v) is 8.18. The minimum Gasteiger partial charge on any atom is -0.619 e. The maximum Gasteiger partial charge on any atom is 0.188 e. The minimum atomic E-state index is 0.538. The third-order valence-electron chi connectivity index (χ3n) is 4.19. The molecule has 1 aromatic heterocycles. The van der Waals surface area contributed by atoms with Crippen molar-refractivity contribution in [3.05, 3.63) is 102 Å². The highest BCUT2D eigenvalue weighted by molar-refractivity contribution is 5.95. The van der Waals surface area contributed by atoms with Gasteiger partial charge in [0.25, 0.3) is 0 Å². The van der Waals surface area contributed by atoms with E-state index < -0.39 is 0 Å². The lowest BCUT2D eigenvalue weighted by Crippen LogP contribution is -2.23. The molecule has 0 aliphatic rings. The summed E-state index contributed by atoms with van der Waals surface area (Å²) < 4.78 is 6.76. The molecule has 4 aromatic rings. The first kappa shape index (κ1) is 15.2. The quantitative estimate of drug-likeness (QED) is 0.402. The number of hydrogen-bond acceptors (Lipinski definition) is 2. The summed E-state index contributed by atoms with van der Waals surface area (Å²) in [6, 6.07) is 26.0. The van der Waals surface area contributed by atoms with Crippen molar-refractivity contribution in [1.29, 1.82) is 0 Å². The maximum atomic E-state index is 11.5. The number of ether oxygens (including phenoxy) is 1. The van der Waals surface area contributed by atoms with Gasteiger partial charge in [0.2, 0.25) is 0 Å². The van der Waals surface area contributed by atoms with Crippen LogP contribution in [0, 0.1) is 5.21 Å². The van der Waals surface area contributed by atoms with Crippen LogP contribution in [0.25, 0.3) is 21.9 Å². The molecule has 0 aliphatic carbocycles. The van der Waals surface area contributed by atoms with Gasteiger partial charge in [-0.2, -0.15) is 4.73 Å². The number of nitrogens with zero attached hydrogens (tertiary/aromatic N) is 1. The fourth-order valence-electron chi connectivity index (χ4n) is 2.96. The Balaban J connectivity index is 1.65. The Bertz CT molecular complexity index is 1010. The lowest BCUT2D eigenvalue weighted by molar-refractivity contribution is -0.603. The van der Waals surface area contributed by atoms with Gasteiger partial charge in [-0.15, -0.1) is 0 Å². The molecular formula is C22H17NO2. The van der Waals surface area contributed by atoms with Crippen LogP contribution in [0.15, 0.2) is 91.3 Å². The molecule has 0 spiro atoms. The maximum absolute atomic E-state index is 11.5. The van der Waals surface area contributed by atoms with Crippen LogP contribution in [0.1, 0.15) is 5.56 Å². The molecule has 1 heterocycles. The zero-order chi connectivity index (χ0) is 17.1. The average Bonchev–Trinajstić information content (AvgIpc) is 2.67. The van der Waals surface area contributed by atoms with Gasteiger partial charge in [-0.1, -0.05) is 54.6 Å². The predicted octanol–water partition coefficient (Wildman–Crippen LogP) is 4.72. The smallest absolute Gasteiger partial charge is 0.188 e. The Kier molecular flexibility index (Phi) is 4.05. The number of rotatable bonds is 4. The summed E-state index contributed by atoms with van der Waals surface area (Å²) in [6.07, 6.45) is 3.12. The van der Waals surface area contributed by atoms with Crippen molar-refractivity contribution in [2.45, 2.75) is 6.61 Å². The lowest BCUT2D eigenvalue weighted by atomic mass is 9.99. The number of pyridine rings is 1. The Morgan fingerprint density at radius 2 is 1.68 bits per heavy atom. The summed E-state index contributed by atoms with van der Waals surface area (Å²) in [7, 11) is 0. The Morgan fingerprint density at radius 1 is 0.840 bits per heavy atom. The van der Waals surface area contributed by atoms with E-state index in [4.69, 9.17) is 4.74 Å². The van der Waals surface area contributed by atoms with Crippen molar-refractivity contribution in [2.24, 2.45) is 0 Å². The van der Waals surface area contributed by atoms with Gasteiger partial charge < -0.3 is 9.94 Å². The van der Waals surface area contributed by atoms with E-state index in [1.165, 1.54) is 6.20 Å². The Hall–Kier alpha value is -3.33. The van der Waals surface area contributed by atoms with E-state index in [9.17, 15) is 5.21 Å². The minimum absolute atomic E-state index is 0.538. The largest absolute Gasteiger partial charge is 0.619 e. The molecule has 0 saturated carbocycles. The highest BCUT2D eigenvalue weighted by Crippen LogP contribution is 2.30. The highest BCUT2D eigenvalue weighted by atomic mass is 16.5. The number of hydrogen-bond donors (Lipinski definition) is 0. The number of aromatic nitrogens is 1. The van der Waals surface area contributed by atoms with Crippen LogP contribution in [0.2, 0.25) is 0 Å². The van der Waals surface area contributed by atoms with E-state index in [2.05, 4.69) is 12.1 Å². The molecule has 0 unspecified atom stereocenters. The molecule has 0 amide bonds. The molecule has 4 rings (SSSR count). The summed E-state index contributed by atoms with van der Waals surface area (Å²) in [4.78, 5) is 0. The van der Waals surface area contributed by atoms with Crippen LogP contribution in [-0.2, 0) is 6.61 Å². The monoisotopic (exact) mass is 327 g/mol. The average molecular weight is 327 g/mol. The second-order valence-corrected chi connectivity index (χ2v) is 5.92. The van der Waals surface area contributed by atoms with E-state index >= 15 is 0 Å². The van der Waals surface area contributed by atoms with Crippen molar-refractivity contribution in [3.63, 3.8) is 0 Å². The van der Waals surface area contributed by atoms with Crippen LogP contribution in [0.4, 0.5) is 0 Å². The summed E-state index contributed by atoms with van der Waals surface area (Å²) in [5.41, 5.74) is 3.29. The second kappa shape index (κ2) is 6.65. The lowest BCUT2D eigenvalue weighted by Gasteiger charge is -2.10. The van der Waals surface area contributed by atoms with Gasteiger partial charge in [0.05, 0.1) is 0 Å². The topological polar surface area (TPSA) is 36.2 Å². The molecule has 0 radical (unpaired) electrons. The van der Waals surface area contributed by atoms with Crippen LogP contribution in [0.3, 0.4) is 0 Å². The van der Waals surface area contributed by atoms with Gasteiger partial charge in [0, 0.05) is 16.8 Å². The van der Waals surface area contributed by atoms with Crippen molar-refractivity contribution in [1.82, 2.24) is 0 Å². The third-order valence-corrected chi connectivity index (χ3v) is 4.19. The standard InChI is InChI=1S/C22H17NO2/c24-23-13-12-22-19(15-23)9-5-11-21(22)18-8-4-10-20(14-18)25-16-17-6-2-1-3-7-17/h1-15H,16H2. The SMILES string of the molecule is [O-][n+]1ccc2c(-c3cccc(OCc4ccccc4)c3)cccc2c1. The van der Waals surface area contributed by atoms with Crippen LogP contribution >= 0.6 is 0 Å². The van der Waals surface area contributed by atoms with E-state index in [0.29, 0.717) is 6.61 Å².